The molecule has 0 saturated carbocycles. The van der Waals surface area contributed by atoms with E-state index < -0.39 is 8.03 Å². The first-order chi connectivity index (χ1) is 15.9. The predicted molar refractivity (Wildman–Crippen MR) is 146 cm³/mol. The van der Waals surface area contributed by atoms with Crippen LogP contribution >= 0.6 is 8.03 Å². The van der Waals surface area contributed by atoms with E-state index in [-0.39, 0.29) is 5.66 Å². The van der Waals surface area contributed by atoms with Crippen LogP contribution in [0.2, 0.25) is 0 Å². The first-order valence-corrected chi connectivity index (χ1v) is 15.4. The molecule has 0 fully saturated rings. The maximum atomic E-state index is 11.6. The highest BCUT2D eigenvalue weighted by Crippen LogP contribution is 2.28. The summed E-state index contributed by atoms with van der Waals surface area (Å²) in [5.41, 5.74) is -0.127. The van der Waals surface area contributed by atoms with Crippen molar-refractivity contribution >= 4 is 8.03 Å². The second-order valence-corrected chi connectivity index (χ2v) is 11.9. The summed E-state index contributed by atoms with van der Waals surface area (Å²) in [6, 6.07) is 0. The molecule has 0 heterocycles. The number of nitrogens with zero attached hydrogens (tertiary/aromatic N) is 1. The molecule has 3 nitrogen and oxygen atoms in total. The van der Waals surface area contributed by atoms with Gasteiger partial charge in [0.05, 0.1) is 27.2 Å². The van der Waals surface area contributed by atoms with Crippen molar-refractivity contribution in [3.63, 3.8) is 0 Å². The number of likely N-dealkylation sites (N-methyl/N-ethyl adjacent to an activating group) is 1. The third-order valence-corrected chi connectivity index (χ3v) is 7.88. The average Bonchev–Trinajstić information content (AvgIpc) is 2.76. The molecule has 0 aliphatic heterocycles. The molecule has 0 aromatic heterocycles. The predicted octanol–water partition coefficient (Wildman–Crippen LogP) is 8.71. The minimum atomic E-state index is -2.30. The topological polar surface area (TPSA) is 40.1 Å². The van der Waals surface area contributed by atoms with Gasteiger partial charge in [-0.25, -0.2) is 0 Å². The van der Waals surface area contributed by atoms with E-state index in [0.717, 1.165) is 43.3 Å². The first-order valence-electron chi connectivity index (χ1n) is 14.1. The Morgan fingerprint density at radius 1 is 0.758 bits per heavy atom. The quantitative estimate of drug-likeness (QED) is 0.0565. The van der Waals surface area contributed by atoms with Gasteiger partial charge in [0.25, 0.3) is 0 Å². The Kier molecular flexibility index (Phi) is 22.9. The van der Waals surface area contributed by atoms with Crippen LogP contribution < -0.4 is 4.89 Å². The van der Waals surface area contributed by atoms with Gasteiger partial charge in [0, 0.05) is 6.42 Å². The van der Waals surface area contributed by atoms with E-state index in [9.17, 15) is 9.46 Å². The summed E-state index contributed by atoms with van der Waals surface area (Å²) >= 11 is 0. The largest absolute Gasteiger partial charge is 0.595 e. The SMILES string of the molecule is C=CC[N+](C)(C)CCCC(CCCCCCCCCCC=CCCCCCCCC)[P+](=O)[O-]. The molecule has 0 aromatic carbocycles. The molecule has 0 radical (unpaired) electrons. The number of rotatable bonds is 25. The zero-order chi connectivity index (χ0) is 24.6. The highest BCUT2D eigenvalue weighted by molar-refractivity contribution is 7.37. The first kappa shape index (κ1) is 32.5. The summed E-state index contributed by atoms with van der Waals surface area (Å²) in [6.45, 7) is 8.04. The van der Waals surface area contributed by atoms with Crippen LogP contribution in [-0.2, 0) is 4.57 Å². The minimum absolute atomic E-state index is 0.127. The molecule has 0 spiro atoms. The Morgan fingerprint density at radius 2 is 1.21 bits per heavy atom. The molecule has 2 unspecified atom stereocenters. The van der Waals surface area contributed by atoms with Crippen LogP contribution in [0, 0.1) is 0 Å². The van der Waals surface area contributed by atoms with Crippen molar-refractivity contribution in [1.29, 1.82) is 0 Å². The van der Waals surface area contributed by atoms with E-state index in [0.29, 0.717) is 0 Å². The number of hydrogen-bond donors (Lipinski definition) is 0. The van der Waals surface area contributed by atoms with Crippen molar-refractivity contribution in [2.24, 2.45) is 0 Å². The monoisotopic (exact) mass is 482 g/mol. The van der Waals surface area contributed by atoms with E-state index in [1.807, 2.05) is 6.08 Å². The van der Waals surface area contributed by atoms with E-state index in [2.05, 4.69) is 39.8 Å². The molecular weight excluding hydrogens is 425 g/mol. The van der Waals surface area contributed by atoms with Crippen molar-refractivity contribution in [3.8, 4) is 0 Å². The van der Waals surface area contributed by atoms with Gasteiger partial charge in [-0.1, -0.05) is 101 Å². The summed E-state index contributed by atoms with van der Waals surface area (Å²) < 4.78 is 12.5. The van der Waals surface area contributed by atoms with Gasteiger partial charge in [0.2, 0.25) is 0 Å². The van der Waals surface area contributed by atoms with E-state index >= 15 is 0 Å². The third kappa shape index (κ3) is 23.0. The maximum Gasteiger partial charge on any atom is 0.311 e. The van der Waals surface area contributed by atoms with E-state index in [1.54, 1.807) is 0 Å². The van der Waals surface area contributed by atoms with Crippen molar-refractivity contribution in [2.45, 2.75) is 135 Å². The van der Waals surface area contributed by atoms with E-state index in [4.69, 9.17) is 0 Å². The van der Waals surface area contributed by atoms with Crippen LogP contribution in [0.5, 0.6) is 0 Å². The molecule has 33 heavy (non-hydrogen) atoms. The van der Waals surface area contributed by atoms with Crippen molar-refractivity contribution < 1.29 is 13.9 Å². The number of allylic oxidation sites excluding steroid dienone is 2. The third-order valence-electron chi connectivity index (χ3n) is 6.77. The Labute approximate surface area is 208 Å². The molecule has 2 atom stereocenters. The standard InChI is InChI=1S/C29H57NO2P/c1-5-7-8-9-10-11-12-13-14-15-16-17-18-19-20-21-22-23-25-29(33(31)32)26-24-28-30(3,4)27-6-2/h6,13-14,29H,2,5,7-12,15-28H2,1,3-4H3/q+1. The lowest BCUT2D eigenvalue weighted by Crippen LogP contribution is -2.40. The Morgan fingerprint density at radius 3 is 1.70 bits per heavy atom. The zero-order valence-electron chi connectivity index (χ0n) is 22.6. The van der Waals surface area contributed by atoms with E-state index in [1.165, 1.54) is 96.3 Å². The molecule has 0 N–H and O–H groups in total. The highest BCUT2D eigenvalue weighted by Gasteiger charge is 2.22. The molecule has 0 saturated heterocycles. The van der Waals surface area contributed by atoms with Gasteiger partial charge in [-0.3, -0.25) is 0 Å². The van der Waals surface area contributed by atoms with Crippen molar-refractivity contribution in [1.82, 2.24) is 0 Å². The Balaban J connectivity index is 3.52. The van der Waals surface area contributed by atoms with Crippen LogP contribution in [0.15, 0.2) is 24.8 Å². The van der Waals surface area contributed by atoms with Crippen LogP contribution in [0.3, 0.4) is 0 Å². The number of unbranched alkanes of at least 4 members (excludes halogenated alkanes) is 14. The lowest BCUT2D eigenvalue weighted by Gasteiger charge is -2.28. The second-order valence-electron chi connectivity index (χ2n) is 10.6. The summed E-state index contributed by atoms with van der Waals surface area (Å²) in [5, 5.41) is 0. The Bertz CT molecular complexity index is 490. The van der Waals surface area contributed by atoms with Gasteiger partial charge in [0.15, 0.2) is 5.66 Å². The summed E-state index contributed by atoms with van der Waals surface area (Å²) in [5.74, 6) is 0. The molecule has 194 valence electrons. The molecule has 0 aliphatic carbocycles. The molecule has 0 amide bonds. The average molecular weight is 483 g/mol. The lowest BCUT2D eigenvalue weighted by molar-refractivity contribution is -0.884. The number of quaternary nitrogens is 1. The van der Waals surface area contributed by atoms with Gasteiger partial charge in [-0.2, -0.15) is 0 Å². The van der Waals surface area contributed by atoms with Gasteiger partial charge >= 0.3 is 8.03 Å². The molecular formula is C29H57NO2P+. The lowest BCUT2D eigenvalue weighted by atomic mass is 10.0. The molecule has 4 heteroatoms. The summed E-state index contributed by atoms with van der Waals surface area (Å²) in [7, 11) is 2.07. The molecule has 0 aliphatic rings. The van der Waals surface area contributed by atoms with Crippen molar-refractivity contribution in [3.05, 3.63) is 24.8 Å². The normalized spacial score (nSPS) is 13.5. The zero-order valence-corrected chi connectivity index (χ0v) is 23.5. The van der Waals surface area contributed by atoms with Gasteiger partial charge in [-0.15, -0.1) is 0 Å². The molecule has 0 rings (SSSR count). The number of hydrogen-bond acceptors (Lipinski definition) is 2. The smallest absolute Gasteiger partial charge is 0.311 e. The van der Waals surface area contributed by atoms with Crippen LogP contribution in [0.25, 0.3) is 0 Å². The van der Waals surface area contributed by atoms with Crippen LogP contribution in [0.1, 0.15) is 129 Å². The molecule has 0 aromatic rings. The van der Waals surface area contributed by atoms with Crippen LogP contribution in [-0.4, -0.2) is 37.3 Å². The van der Waals surface area contributed by atoms with Crippen LogP contribution in [0.4, 0.5) is 0 Å². The fourth-order valence-corrected chi connectivity index (χ4v) is 5.32. The fraction of sp³-hybridized carbons (Fsp3) is 0.862. The van der Waals surface area contributed by atoms with Crippen molar-refractivity contribution in [2.75, 3.05) is 27.2 Å². The van der Waals surface area contributed by atoms with Gasteiger partial charge in [0.1, 0.15) is 0 Å². The summed E-state index contributed by atoms with van der Waals surface area (Å²) in [4.78, 5) is 11.6. The fourth-order valence-electron chi connectivity index (χ4n) is 4.53. The second kappa shape index (κ2) is 23.3. The minimum Gasteiger partial charge on any atom is -0.595 e. The highest BCUT2D eigenvalue weighted by atomic mass is 31.1. The van der Waals surface area contributed by atoms with Gasteiger partial charge in [-0.05, 0) is 51.0 Å². The van der Waals surface area contributed by atoms with Gasteiger partial charge < -0.3 is 9.38 Å². The maximum absolute atomic E-state index is 11.6. The Hall–Kier alpha value is -0.500. The summed E-state index contributed by atoms with van der Waals surface area (Å²) in [6.07, 6.45) is 30.3. The molecule has 0 bridgehead atoms.